The predicted molar refractivity (Wildman–Crippen MR) is 57.6 cm³/mol. The highest BCUT2D eigenvalue weighted by molar-refractivity contribution is 9.10. The van der Waals surface area contributed by atoms with Crippen LogP contribution in [0, 0.1) is 11.3 Å². The number of nitriles is 1. The van der Waals surface area contributed by atoms with Crippen molar-refractivity contribution in [2.24, 2.45) is 0 Å². The summed E-state index contributed by atoms with van der Waals surface area (Å²) in [5.74, 6) is -0.778. The molecule has 0 unspecified atom stereocenters. The number of alkyl halides is 2. The van der Waals surface area contributed by atoms with E-state index in [1.165, 1.54) is 0 Å². The van der Waals surface area contributed by atoms with Gasteiger partial charge in [-0.05, 0) is 28.9 Å². The van der Waals surface area contributed by atoms with Gasteiger partial charge in [-0.2, -0.15) is 5.26 Å². The van der Waals surface area contributed by atoms with Gasteiger partial charge in [0.1, 0.15) is 17.5 Å². The number of pyridine rings is 1. The van der Waals surface area contributed by atoms with Crippen LogP contribution in [0.2, 0.25) is 0 Å². The lowest BCUT2D eigenvalue weighted by Gasteiger charge is -2.08. The Bertz CT molecular complexity index is 486. The molecule has 0 aromatic carbocycles. The fraction of sp³-hybridized carbons (Fsp3) is 0.300. The minimum absolute atomic E-state index is 0.111. The first kappa shape index (κ1) is 13.5. The molecule has 1 aromatic heterocycles. The Morgan fingerprint density at radius 1 is 1.71 bits per heavy atom. The minimum atomic E-state index is -2.88. The van der Waals surface area contributed by atoms with Crippen molar-refractivity contribution in [1.29, 1.82) is 5.26 Å². The van der Waals surface area contributed by atoms with Gasteiger partial charge in [0.15, 0.2) is 0 Å². The van der Waals surface area contributed by atoms with Gasteiger partial charge in [-0.15, -0.1) is 0 Å². The van der Waals surface area contributed by atoms with Crippen molar-refractivity contribution in [3.63, 3.8) is 0 Å². The van der Waals surface area contributed by atoms with Crippen molar-refractivity contribution in [2.75, 3.05) is 6.61 Å². The highest BCUT2D eigenvalue weighted by atomic mass is 79.9. The molecule has 1 heterocycles. The lowest BCUT2D eigenvalue weighted by molar-refractivity contribution is 0.0524. The molecule has 0 aliphatic rings. The van der Waals surface area contributed by atoms with E-state index >= 15 is 0 Å². The van der Waals surface area contributed by atoms with Crippen molar-refractivity contribution in [1.82, 2.24) is 4.98 Å². The third-order valence-corrected chi connectivity index (χ3v) is 2.63. The van der Waals surface area contributed by atoms with Gasteiger partial charge in [0.05, 0.1) is 16.6 Å². The van der Waals surface area contributed by atoms with Gasteiger partial charge in [-0.3, -0.25) is 0 Å². The largest absolute Gasteiger partial charge is 0.462 e. The van der Waals surface area contributed by atoms with Crippen LogP contribution in [0.4, 0.5) is 8.78 Å². The second kappa shape index (κ2) is 5.68. The molecule has 0 fully saturated rings. The molecule has 0 radical (unpaired) electrons. The average Bonchev–Trinajstić information content (AvgIpc) is 2.29. The van der Waals surface area contributed by atoms with Gasteiger partial charge in [0.2, 0.25) is 0 Å². The fourth-order valence-corrected chi connectivity index (χ4v) is 1.65. The number of esters is 1. The molecule has 0 aliphatic carbocycles. The molecule has 1 rings (SSSR count). The van der Waals surface area contributed by atoms with Crippen LogP contribution in [-0.4, -0.2) is 17.6 Å². The van der Waals surface area contributed by atoms with E-state index in [0.29, 0.717) is 0 Å². The van der Waals surface area contributed by atoms with Crippen molar-refractivity contribution in [3.8, 4) is 6.07 Å². The number of aromatic nitrogens is 1. The molecule has 0 spiro atoms. The Labute approximate surface area is 104 Å². The molecule has 4 nitrogen and oxygen atoms in total. The Morgan fingerprint density at radius 2 is 2.35 bits per heavy atom. The maximum absolute atomic E-state index is 12.6. The summed E-state index contributed by atoms with van der Waals surface area (Å²) in [6, 6.07) is 2.72. The van der Waals surface area contributed by atoms with Gasteiger partial charge in [0, 0.05) is 0 Å². The summed E-state index contributed by atoms with van der Waals surface area (Å²) in [6.45, 7) is 1.70. The number of ether oxygens (including phenoxy) is 1. The summed E-state index contributed by atoms with van der Waals surface area (Å²) >= 11 is 2.86. The van der Waals surface area contributed by atoms with E-state index in [2.05, 4.69) is 20.9 Å². The van der Waals surface area contributed by atoms with Crippen LogP contribution in [-0.2, 0) is 4.74 Å². The second-order valence-corrected chi connectivity index (χ2v) is 3.68. The Kier molecular flexibility index (Phi) is 4.52. The molecule has 1 aromatic rings. The number of hydrogen-bond acceptors (Lipinski definition) is 4. The molecular weight excluding hydrogens is 298 g/mol. The lowest BCUT2D eigenvalue weighted by atomic mass is 10.2. The predicted octanol–water partition coefficient (Wildman–Crippen LogP) is 2.83. The third-order valence-electron chi connectivity index (χ3n) is 1.80. The number of nitrogens with zero attached hydrogens (tertiary/aromatic N) is 2. The molecule has 7 heteroatoms. The van der Waals surface area contributed by atoms with E-state index < -0.39 is 18.1 Å². The SMILES string of the molecule is CCOC(=O)c1cc(C#N)nc(C(F)F)c1Br. The smallest absolute Gasteiger partial charge is 0.339 e. The van der Waals surface area contributed by atoms with Crippen LogP contribution in [0.15, 0.2) is 10.5 Å². The highest BCUT2D eigenvalue weighted by Gasteiger charge is 2.22. The normalized spacial score (nSPS) is 10.1. The molecule has 0 saturated heterocycles. The van der Waals surface area contributed by atoms with Crippen LogP contribution in [0.5, 0.6) is 0 Å². The molecule has 90 valence electrons. The Morgan fingerprint density at radius 3 is 2.82 bits per heavy atom. The van der Waals surface area contributed by atoms with Gasteiger partial charge < -0.3 is 4.74 Å². The molecule has 0 aliphatic heterocycles. The van der Waals surface area contributed by atoms with E-state index in [1.807, 2.05) is 0 Å². The lowest BCUT2D eigenvalue weighted by Crippen LogP contribution is -2.09. The second-order valence-electron chi connectivity index (χ2n) is 2.89. The van der Waals surface area contributed by atoms with E-state index in [9.17, 15) is 13.6 Å². The molecule has 0 saturated carbocycles. The summed E-state index contributed by atoms with van der Waals surface area (Å²) in [5, 5.41) is 8.65. The van der Waals surface area contributed by atoms with Crippen LogP contribution >= 0.6 is 15.9 Å². The summed E-state index contributed by atoms with van der Waals surface area (Å²) in [6.07, 6.45) is -2.88. The first-order valence-electron chi connectivity index (χ1n) is 4.57. The standard InChI is InChI=1S/C10H7BrF2N2O2/c1-2-17-10(16)6-3-5(4-14)15-8(7(6)11)9(12)13/h3,9H,2H2,1H3. The molecule has 17 heavy (non-hydrogen) atoms. The summed E-state index contributed by atoms with van der Waals surface area (Å²) in [5.41, 5.74) is -1.03. The quantitative estimate of drug-likeness (QED) is 0.806. The summed E-state index contributed by atoms with van der Waals surface area (Å²) in [7, 11) is 0. The number of carbonyl (C=O) groups is 1. The molecule has 0 amide bonds. The molecule has 0 bridgehead atoms. The van der Waals surface area contributed by atoms with Gasteiger partial charge in [0.25, 0.3) is 6.43 Å². The maximum Gasteiger partial charge on any atom is 0.339 e. The van der Waals surface area contributed by atoms with Crippen LogP contribution in [0.3, 0.4) is 0 Å². The van der Waals surface area contributed by atoms with Crippen molar-refractivity contribution < 1.29 is 18.3 Å². The van der Waals surface area contributed by atoms with E-state index in [-0.39, 0.29) is 22.3 Å². The monoisotopic (exact) mass is 304 g/mol. The topological polar surface area (TPSA) is 63.0 Å². The zero-order chi connectivity index (χ0) is 13.0. The highest BCUT2D eigenvalue weighted by Crippen LogP contribution is 2.29. The Balaban J connectivity index is 3.35. The first-order valence-corrected chi connectivity index (χ1v) is 5.36. The number of hydrogen-bond donors (Lipinski definition) is 0. The Hall–Kier alpha value is -1.55. The molecule has 0 N–H and O–H groups in total. The molecule has 0 atom stereocenters. The first-order chi connectivity index (χ1) is 8.01. The van der Waals surface area contributed by atoms with E-state index in [4.69, 9.17) is 10.00 Å². The number of halogens is 3. The van der Waals surface area contributed by atoms with Crippen molar-refractivity contribution in [3.05, 3.63) is 27.5 Å². The average molecular weight is 305 g/mol. The minimum Gasteiger partial charge on any atom is -0.462 e. The summed E-state index contributed by atoms with van der Waals surface area (Å²) < 4.78 is 29.8. The molecular formula is C10H7BrF2N2O2. The van der Waals surface area contributed by atoms with Gasteiger partial charge in [-0.1, -0.05) is 0 Å². The zero-order valence-corrected chi connectivity index (χ0v) is 10.3. The van der Waals surface area contributed by atoms with Crippen molar-refractivity contribution in [2.45, 2.75) is 13.3 Å². The zero-order valence-electron chi connectivity index (χ0n) is 8.71. The summed E-state index contributed by atoms with van der Waals surface area (Å²) in [4.78, 5) is 14.9. The number of rotatable bonds is 3. The van der Waals surface area contributed by atoms with Crippen LogP contribution < -0.4 is 0 Å². The van der Waals surface area contributed by atoms with E-state index in [1.54, 1.807) is 13.0 Å². The maximum atomic E-state index is 12.6. The van der Waals surface area contributed by atoms with Gasteiger partial charge in [-0.25, -0.2) is 18.6 Å². The van der Waals surface area contributed by atoms with Crippen LogP contribution in [0.1, 0.15) is 35.1 Å². The third kappa shape index (κ3) is 2.97. The van der Waals surface area contributed by atoms with Gasteiger partial charge >= 0.3 is 5.97 Å². The number of carbonyl (C=O) groups excluding carboxylic acids is 1. The van der Waals surface area contributed by atoms with Crippen LogP contribution in [0.25, 0.3) is 0 Å². The van der Waals surface area contributed by atoms with Crippen molar-refractivity contribution >= 4 is 21.9 Å². The fourth-order valence-electron chi connectivity index (χ4n) is 1.11. The van der Waals surface area contributed by atoms with E-state index in [0.717, 1.165) is 6.07 Å².